The summed E-state index contributed by atoms with van der Waals surface area (Å²) in [7, 11) is -3.35. The van der Waals surface area contributed by atoms with Gasteiger partial charge in [-0.2, -0.15) is 0 Å². The van der Waals surface area contributed by atoms with Crippen molar-refractivity contribution in [3.05, 3.63) is 30.1 Å². The van der Waals surface area contributed by atoms with Crippen molar-refractivity contribution in [3.63, 3.8) is 0 Å². The first-order valence-electron chi connectivity index (χ1n) is 5.21. The molecule has 17 heavy (non-hydrogen) atoms. The molecule has 1 amide bonds. The van der Waals surface area contributed by atoms with Crippen LogP contribution in [0.25, 0.3) is 0 Å². The number of rotatable bonds is 4. The Morgan fingerprint density at radius 2 is 1.82 bits per heavy atom. The van der Waals surface area contributed by atoms with Gasteiger partial charge in [0, 0.05) is 18.6 Å². The topological polar surface area (TPSA) is 76.1 Å². The Bertz CT molecular complexity index is 485. The van der Waals surface area contributed by atoms with Gasteiger partial charge in [-0.25, -0.2) is 8.42 Å². The highest BCUT2D eigenvalue weighted by Crippen LogP contribution is 2.11. The monoisotopic (exact) mass is 256 g/mol. The van der Waals surface area contributed by atoms with Gasteiger partial charge >= 0.3 is 0 Å². The molecule has 0 saturated carbocycles. The van der Waals surface area contributed by atoms with E-state index in [1.54, 1.807) is 31.5 Å². The van der Waals surface area contributed by atoms with Crippen LogP contribution in [0.15, 0.2) is 24.5 Å². The van der Waals surface area contributed by atoms with Gasteiger partial charge in [-0.05, 0) is 31.5 Å². The summed E-state index contributed by atoms with van der Waals surface area (Å²) in [6.45, 7) is 3.17. The third-order valence-electron chi connectivity index (χ3n) is 2.58. The molecule has 2 unspecified atom stereocenters. The minimum Gasteiger partial charge on any atom is -0.348 e. The van der Waals surface area contributed by atoms with Gasteiger partial charge < -0.3 is 5.32 Å². The van der Waals surface area contributed by atoms with Crippen molar-refractivity contribution in [2.24, 2.45) is 0 Å². The van der Waals surface area contributed by atoms with Crippen LogP contribution >= 0.6 is 0 Å². The van der Waals surface area contributed by atoms with E-state index in [1.807, 2.05) is 0 Å². The zero-order valence-electron chi connectivity index (χ0n) is 10.0. The molecule has 0 aromatic carbocycles. The zero-order chi connectivity index (χ0) is 13.1. The van der Waals surface area contributed by atoms with Crippen molar-refractivity contribution in [2.75, 3.05) is 6.26 Å². The van der Waals surface area contributed by atoms with Crippen LogP contribution < -0.4 is 5.32 Å². The smallest absolute Gasteiger partial charge is 0.238 e. The van der Waals surface area contributed by atoms with E-state index in [0.717, 1.165) is 11.8 Å². The highest BCUT2D eigenvalue weighted by atomic mass is 32.2. The second-order valence-electron chi connectivity index (χ2n) is 3.98. The number of pyridine rings is 1. The van der Waals surface area contributed by atoms with Gasteiger partial charge in [0.25, 0.3) is 0 Å². The summed E-state index contributed by atoms with van der Waals surface area (Å²) < 4.78 is 22.4. The molecular weight excluding hydrogens is 240 g/mol. The van der Waals surface area contributed by atoms with E-state index < -0.39 is 21.0 Å². The second-order valence-corrected chi connectivity index (χ2v) is 6.35. The zero-order valence-corrected chi connectivity index (χ0v) is 10.9. The Kier molecular flexibility index (Phi) is 4.22. The van der Waals surface area contributed by atoms with Gasteiger partial charge in [-0.3, -0.25) is 9.78 Å². The summed E-state index contributed by atoms with van der Waals surface area (Å²) in [4.78, 5) is 15.5. The largest absolute Gasteiger partial charge is 0.348 e. The molecule has 2 atom stereocenters. The lowest BCUT2D eigenvalue weighted by atomic mass is 10.1. The van der Waals surface area contributed by atoms with Crippen molar-refractivity contribution in [3.8, 4) is 0 Å². The average Bonchev–Trinajstić information content (AvgIpc) is 2.27. The number of carbonyl (C=O) groups excluding carboxylic acids is 1. The minimum atomic E-state index is -3.35. The molecular formula is C11H16N2O3S. The molecule has 0 radical (unpaired) electrons. The van der Waals surface area contributed by atoms with Gasteiger partial charge in [0.15, 0.2) is 9.84 Å². The first-order valence-corrected chi connectivity index (χ1v) is 7.17. The fourth-order valence-corrected chi connectivity index (χ4v) is 1.72. The molecule has 1 heterocycles. The van der Waals surface area contributed by atoms with E-state index in [1.165, 1.54) is 6.92 Å². The fraction of sp³-hybridized carbons (Fsp3) is 0.455. The molecule has 0 fully saturated rings. The van der Waals surface area contributed by atoms with Crippen molar-refractivity contribution in [1.82, 2.24) is 10.3 Å². The lowest BCUT2D eigenvalue weighted by molar-refractivity contribution is -0.121. The predicted molar refractivity (Wildman–Crippen MR) is 65.1 cm³/mol. The van der Waals surface area contributed by atoms with Crippen LogP contribution in [0.4, 0.5) is 0 Å². The van der Waals surface area contributed by atoms with E-state index in [4.69, 9.17) is 0 Å². The van der Waals surface area contributed by atoms with Crippen LogP contribution in [0.2, 0.25) is 0 Å². The van der Waals surface area contributed by atoms with Gasteiger partial charge in [0.1, 0.15) is 5.25 Å². The molecule has 94 valence electrons. The van der Waals surface area contributed by atoms with Crippen LogP contribution in [0, 0.1) is 0 Å². The summed E-state index contributed by atoms with van der Waals surface area (Å²) in [5, 5.41) is 1.62. The van der Waals surface area contributed by atoms with E-state index >= 15 is 0 Å². The molecule has 0 aliphatic carbocycles. The summed E-state index contributed by atoms with van der Waals surface area (Å²) in [6, 6.07) is 3.31. The van der Waals surface area contributed by atoms with Crippen LogP contribution in [0.5, 0.6) is 0 Å². The SMILES string of the molecule is CC(NC(=O)C(C)S(C)(=O)=O)c1ccncc1. The first-order chi connectivity index (χ1) is 7.82. The molecule has 0 bridgehead atoms. The number of hydrogen-bond donors (Lipinski definition) is 1. The standard InChI is InChI=1S/C11H16N2O3S/c1-8(10-4-6-12-7-5-10)13-11(14)9(2)17(3,15)16/h4-9H,1-3H3,(H,13,14). The van der Waals surface area contributed by atoms with Crippen LogP contribution in [0.3, 0.4) is 0 Å². The van der Waals surface area contributed by atoms with Gasteiger partial charge in [0.2, 0.25) is 5.91 Å². The molecule has 1 rings (SSSR count). The number of hydrogen-bond acceptors (Lipinski definition) is 4. The number of amides is 1. The number of carbonyl (C=O) groups is 1. The molecule has 1 N–H and O–H groups in total. The summed E-state index contributed by atoms with van der Waals surface area (Å²) in [6.07, 6.45) is 4.30. The lowest BCUT2D eigenvalue weighted by Gasteiger charge is -2.16. The average molecular weight is 256 g/mol. The van der Waals surface area contributed by atoms with Crippen molar-refractivity contribution in [2.45, 2.75) is 25.1 Å². The number of aromatic nitrogens is 1. The third-order valence-corrected chi connectivity index (χ3v) is 4.07. The van der Waals surface area contributed by atoms with E-state index in [2.05, 4.69) is 10.3 Å². The highest BCUT2D eigenvalue weighted by Gasteiger charge is 2.24. The number of sulfone groups is 1. The highest BCUT2D eigenvalue weighted by molar-refractivity contribution is 7.92. The maximum Gasteiger partial charge on any atom is 0.238 e. The number of nitrogens with zero attached hydrogens (tertiary/aromatic N) is 1. The van der Waals surface area contributed by atoms with Crippen molar-refractivity contribution in [1.29, 1.82) is 0 Å². The van der Waals surface area contributed by atoms with Crippen LogP contribution in [0.1, 0.15) is 25.5 Å². The summed E-state index contributed by atoms with van der Waals surface area (Å²) in [5.74, 6) is -0.489. The molecule has 1 aromatic heterocycles. The Labute approximate surface area is 101 Å². The summed E-state index contributed by atoms with van der Waals surface area (Å²) >= 11 is 0. The van der Waals surface area contributed by atoms with E-state index in [-0.39, 0.29) is 6.04 Å². The minimum absolute atomic E-state index is 0.241. The molecule has 5 nitrogen and oxygen atoms in total. The molecule has 1 aromatic rings. The molecule has 6 heteroatoms. The van der Waals surface area contributed by atoms with Gasteiger partial charge in [-0.1, -0.05) is 0 Å². The number of nitrogens with one attached hydrogen (secondary N) is 1. The van der Waals surface area contributed by atoms with E-state index in [0.29, 0.717) is 0 Å². The summed E-state index contributed by atoms with van der Waals surface area (Å²) in [5.41, 5.74) is 0.883. The Morgan fingerprint density at radius 3 is 2.29 bits per heavy atom. The molecule has 0 aliphatic rings. The Balaban J connectivity index is 2.71. The first kappa shape index (κ1) is 13.6. The third kappa shape index (κ3) is 3.81. The van der Waals surface area contributed by atoms with Crippen molar-refractivity contribution < 1.29 is 13.2 Å². The molecule has 0 aliphatic heterocycles. The van der Waals surface area contributed by atoms with E-state index in [9.17, 15) is 13.2 Å². The maximum atomic E-state index is 11.7. The molecule has 0 saturated heterocycles. The van der Waals surface area contributed by atoms with Gasteiger partial charge in [0.05, 0.1) is 6.04 Å². The Morgan fingerprint density at radius 1 is 1.29 bits per heavy atom. The molecule has 0 spiro atoms. The second kappa shape index (κ2) is 5.27. The fourth-order valence-electron chi connectivity index (χ4n) is 1.26. The maximum absolute atomic E-state index is 11.7. The van der Waals surface area contributed by atoms with Crippen LogP contribution in [-0.2, 0) is 14.6 Å². The predicted octanol–water partition coefficient (Wildman–Crippen LogP) is 0.692. The van der Waals surface area contributed by atoms with Gasteiger partial charge in [-0.15, -0.1) is 0 Å². The Hall–Kier alpha value is -1.43. The normalized spacial score (nSPS) is 15.0. The lowest BCUT2D eigenvalue weighted by Crippen LogP contribution is -2.38. The van der Waals surface area contributed by atoms with Crippen LogP contribution in [-0.4, -0.2) is 30.8 Å². The quantitative estimate of drug-likeness (QED) is 0.860. The van der Waals surface area contributed by atoms with Crippen molar-refractivity contribution >= 4 is 15.7 Å².